The van der Waals surface area contributed by atoms with Gasteiger partial charge < -0.3 is 19.5 Å². The van der Waals surface area contributed by atoms with Crippen LogP contribution in [0.1, 0.15) is 19.4 Å². The highest BCUT2D eigenvalue weighted by Crippen LogP contribution is 2.29. The summed E-state index contributed by atoms with van der Waals surface area (Å²) >= 11 is 0. The summed E-state index contributed by atoms with van der Waals surface area (Å²) in [6, 6.07) is 5.58. The molecule has 1 heterocycles. The predicted octanol–water partition coefficient (Wildman–Crippen LogP) is 2.86. The Morgan fingerprint density at radius 1 is 1.25 bits per heavy atom. The van der Waals surface area contributed by atoms with Gasteiger partial charge in [0.1, 0.15) is 0 Å². The van der Waals surface area contributed by atoms with Crippen molar-refractivity contribution in [2.45, 2.75) is 20.0 Å². The quantitative estimate of drug-likeness (QED) is 0.856. The average Bonchev–Trinajstić information content (AvgIpc) is 2.52. The van der Waals surface area contributed by atoms with E-state index in [1.807, 2.05) is 49.2 Å². The van der Waals surface area contributed by atoms with Crippen LogP contribution in [-0.4, -0.2) is 39.6 Å². The van der Waals surface area contributed by atoms with E-state index in [2.05, 4.69) is 0 Å². The van der Waals surface area contributed by atoms with Gasteiger partial charge >= 0.3 is 0 Å². The largest absolute Gasteiger partial charge is 0.493 e. The number of hydrogen-bond donors (Lipinski definition) is 1. The Labute approximate surface area is 145 Å². The van der Waals surface area contributed by atoms with Crippen molar-refractivity contribution in [2.24, 2.45) is 0 Å². The van der Waals surface area contributed by atoms with Gasteiger partial charge in [-0.1, -0.05) is 6.07 Å². The molecule has 0 amide bonds. The molecular weight excluding hydrogens is 326 g/mol. The first-order valence-electron chi connectivity index (χ1n) is 7.54. The topological polar surface area (TPSA) is 59.0 Å². The molecule has 1 N–H and O–H groups in total. The molecule has 0 aliphatic carbocycles. The third-order valence-corrected chi connectivity index (χ3v) is 4.02. The first-order valence-corrected chi connectivity index (χ1v) is 9.26. The van der Waals surface area contributed by atoms with Crippen LogP contribution >= 0.6 is 0 Å². The Balaban J connectivity index is 2.20. The highest BCUT2D eigenvalue weighted by atomic mass is 32.2. The van der Waals surface area contributed by atoms with Gasteiger partial charge in [-0.2, -0.15) is 0 Å². The zero-order valence-electron chi connectivity index (χ0n) is 14.4. The van der Waals surface area contributed by atoms with Gasteiger partial charge in [0, 0.05) is 23.8 Å². The minimum absolute atomic E-state index is 0.122. The molecule has 0 bridgehead atoms. The zero-order chi connectivity index (χ0) is 17.7. The Morgan fingerprint density at radius 3 is 2.50 bits per heavy atom. The van der Waals surface area contributed by atoms with Crippen molar-refractivity contribution >= 4 is 16.9 Å². The number of aliphatic hydroxyl groups is 1. The van der Waals surface area contributed by atoms with Gasteiger partial charge in [0.2, 0.25) is 0 Å². The van der Waals surface area contributed by atoms with Crippen LogP contribution in [0.4, 0.5) is 0 Å². The lowest BCUT2D eigenvalue weighted by molar-refractivity contribution is 0.259. The molecule has 1 aromatic carbocycles. The van der Waals surface area contributed by atoms with E-state index in [9.17, 15) is 9.32 Å². The second-order valence-corrected chi connectivity index (χ2v) is 6.92. The molecule has 0 saturated heterocycles. The molecule has 1 aliphatic heterocycles. The van der Waals surface area contributed by atoms with Crippen molar-refractivity contribution in [3.63, 3.8) is 0 Å². The van der Waals surface area contributed by atoms with Crippen LogP contribution in [-0.2, 0) is 10.8 Å². The van der Waals surface area contributed by atoms with Crippen LogP contribution in [0.25, 0.3) is 6.08 Å². The van der Waals surface area contributed by atoms with Crippen molar-refractivity contribution in [3.8, 4) is 11.5 Å². The van der Waals surface area contributed by atoms with E-state index >= 15 is 0 Å². The molecule has 0 aromatic heterocycles. The number of rotatable bonds is 6. The number of aliphatic hydroxyl groups excluding tert-OH is 1. The summed E-state index contributed by atoms with van der Waals surface area (Å²) in [4.78, 5) is 2.00. The first-order chi connectivity index (χ1) is 11.4. The lowest BCUT2D eigenvalue weighted by Gasteiger charge is -2.27. The fraction of sp³-hybridized carbons (Fsp3) is 0.333. The number of nitrogens with zero attached hydrogens (tertiary/aromatic N) is 1. The molecule has 6 heteroatoms. The lowest BCUT2D eigenvalue weighted by Crippen LogP contribution is -2.20. The van der Waals surface area contributed by atoms with Crippen LogP contribution in [0.5, 0.6) is 11.5 Å². The molecule has 0 radical (unpaired) electrons. The van der Waals surface area contributed by atoms with Gasteiger partial charge in [-0.25, -0.2) is 0 Å². The molecule has 5 nitrogen and oxygen atoms in total. The molecule has 0 spiro atoms. The predicted molar refractivity (Wildman–Crippen MR) is 96.9 cm³/mol. The molecule has 0 fully saturated rings. The maximum absolute atomic E-state index is 11.2. The third-order valence-electron chi connectivity index (χ3n) is 3.57. The zero-order valence-corrected chi connectivity index (χ0v) is 15.2. The number of allylic oxidation sites excluding steroid dienone is 2. The van der Waals surface area contributed by atoms with Crippen LogP contribution in [0, 0.1) is 0 Å². The Kier molecular flexibility index (Phi) is 6.23. The van der Waals surface area contributed by atoms with Crippen molar-refractivity contribution in [3.05, 3.63) is 53.5 Å². The van der Waals surface area contributed by atoms with E-state index in [1.165, 1.54) is 0 Å². The molecule has 130 valence electrons. The van der Waals surface area contributed by atoms with Crippen molar-refractivity contribution in [1.82, 2.24) is 4.90 Å². The average molecular weight is 349 g/mol. The number of ether oxygens (including phenoxy) is 2. The minimum Gasteiger partial charge on any atom is -0.493 e. The molecule has 1 aromatic rings. The molecule has 24 heavy (non-hydrogen) atoms. The highest BCUT2D eigenvalue weighted by Gasteiger charge is 2.13. The highest BCUT2D eigenvalue weighted by molar-refractivity contribution is 7.84. The van der Waals surface area contributed by atoms with Crippen LogP contribution in [0.15, 0.2) is 47.9 Å². The lowest BCUT2D eigenvalue weighted by atomic mass is 10.1. The van der Waals surface area contributed by atoms with Gasteiger partial charge in [0.25, 0.3) is 0 Å². The minimum atomic E-state index is -1.05. The van der Waals surface area contributed by atoms with Crippen molar-refractivity contribution < 1.29 is 18.8 Å². The van der Waals surface area contributed by atoms with Crippen molar-refractivity contribution in [1.29, 1.82) is 0 Å². The molecule has 2 rings (SSSR count). The Morgan fingerprint density at radius 2 is 1.92 bits per heavy atom. The van der Waals surface area contributed by atoms with Crippen LogP contribution in [0.2, 0.25) is 0 Å². The monoisotopic (exact) mass is 349 g/mol. The van der Waals surface area contributed by atoms with Gasteiger partial charge in [-0.15, -0.1) is 0 Å². The van der Waals surface area contributed by atoms with Gasteiger partial charge in [-0.05, 0) is 49.8 Å². The molecule has 0 saturated carbocycles. The SMILES string of the molecule is COc1ccc(/C=C/N2C(C)=CC(O)C=C2C)cc1OCS(C)=O. The Bertz CT molecular complexity index is 689. The van der Waals surface area contributed by atoms with Gasteiger partial charge in [0.15, 0.2) is 17.4 Å². The van der Waals surface area contributed by atoms with Crippen molar-refractivity contribution in [2.75, 3.05) is 19.3 Å². The summed E-state index contributed by atoms with van der Waals surface area (Å²) in [6.07, 6.45) is 8.51. The van der Waals surface area contributed by atoms with Crippen LogP contribution in [0.3, 0.4) is 0 Å². The summed E-state index contributed by atoms with van der Waals surface area (Å²) in [5.41, 5.74) is 2.86. The van der Waals surface area contributed by atoms with E-state index in [-0.39, 0.29) is 5.94 Å². The fourth-order valence-corrected chi connectivity index (χ4v) is 2.73. The second-order valence-electron chi connectivity index (χ2n) is 5.54. The number of benzene rings is 1. The van der Waals surface area contributed by atoms with Gasteiger partial charge in [0.05, 0.1) is 24.0 Å². The molecule has 1 unspecified atom stereocenters. The second kappa shape index (κ2) is 8.17. The van der Waals surface area contributed by atoms with E-state index in [4.69, 9.17) is 9.47 Å². The first kappa shape index (κ1) is 18.3. The fourth-order valence-electron chi connectivity index (χ4n) is 2.43. The summed E-state index contributed by atoms with van der Waals surface area (Å²) in [5.74, 6) is 1.28. The maximum Gasteiger partial charge on any atom is 0.163 e. The normalized spacial score (nSPS) is 16.8. The van der Waals surface area contributed by atoms with Gasteiger partial charge in [-0.3, -0.25) is 4.21 Å². The summed E-state index contributed by atoms with van der Waals surface area (Å²) < 4.78 is 22.0. The van der Waals surface area contributed by atoms with E-state index in [0.717, 1.165) is 17.0 Å². The Hall–Kier alpha value is -2.05. The number of methoxy groups -OCH3 is 1. The third kappa shape index (κ3) is 4.72. The molecule has 1 atom stereocenters. The smallest absolute Gasteiger partial charge is 0.163 e. The number of hydrogen-bond acceptors (Lipinski definition) is 5. The molecule has 1 aliphatic rings. The summed E-state index contributed by atoms with van der Waals surface area (Å²) in [7, 11) is 0.525. The maximum atomic E-state index is 11.2. The molecular formula is C18H23NO4S. The van der Waals surface area contributed by atoms with E-state index < -0.39 is 16.9 Å². The summed E-state index contributed by atoms with van der Waals surface area (Å²) in [5, 5.41) is 9.69. The standard InChI is InChI=1S/C18H23NO4S/c1-13-9-16(20)10-14(2)19(13)8-7-15-5-6-17(22-3)18(11-15)23-12-24(4)21/h5-11,16,20H,12H2,1-4H3/b8-7+. The summed E-state index contributed by atoms with van der Waals surface area (Å²) in [6.45, 7) is 3.90. The van der Waals surface area contributed by atoms with E-state index in [0.29, 0.717) is 11.5 Å². The van der Waals surface area contributed by atoms with E-state index in [1.54, 1.807) is 25.5 Å². The van der Waals surface area contributed by atoms with Crippen LogP contribution < -0.4 is 9.47 Å².